The van der Waals surface area contributed by atoms with Crippen LogP contribution < -0.4 is 10.1 Å². The first-order valence-corrected chi connectivity index (χ1v) is 5.78. The zero-order valence-electron chi connectivity index (χ0n) is 10.8. The number of hydrogen-bond acceptors (Lipinski definition) is 3. The molecule has 0 fully saturated rings. The van der Waals surface area contributed by atoms with E-state index in [1.165, 1.54) is 12.1 Å². The summed E-state index contributed by atoms with van der Waals surface area (Å²) in [5.41, 5.74) is -0.0108. The summed E-state index contributed by atoms with van der Waals surface area (Å²) in [6.07, 6.45) is 0.110. The minimum atomic E-state index is -2.86. The number of ether oxygens (including phenoxy) is 1. The van der Waals surface area contributed by atoms with Gasteiger partial charge in [-0.05, 0) is 31.5 Å². The van der Waals surface area contributed by atoms with Crippen molar-refractivity contribution in [2.24, 2.45) is 0 Å². The van der Waals surface area contributed by atoms with Crippen molar-refractivity contribution in [2.75, 3.05) is 6.61 Å². The topological polar surface area (TPSA) is 58.6 Å². The Bertz CT molecular complexity index is 418. The molecule has 0 unspecified atom stereocenters. The zero-order chi connectivity index (χ0) is 14.5. The minimum absolute atomic E-state index is 0.0508. The molecule has 0 aliphatic rings. The number of hydrogen-bond donors (Lipinski definition) is 2. The average molecular weight is 273 g/mol. The molecule has 0 atom stereocenters. The van der Waals surface area contributed by atoms with Crippen molar-refractivity contribution in [3.8, 4) is 5.75 Å². The fourth-order valence-corrected chi connectivity index (χ4v) is 1.44. The smallest absolute Gasteiger partial charge is 0.387 e. The SMILES string of the molecule is CC(C)(CO)NC(=O)Cc1ccc(OC(F)F)cc1. The molecule has 106 valence electrons. The molecule has 4 nitrogen and oxygen atoms in total. The van der Waals surface area contributed by atoms with Gasteiger partial charge in [-0.25, -0.2) is 0 Å². The predicted molar refractivity (Wildman–Crippen MR) is 66.1 cm³/mol. The van der Waals surface area contributed by atoms with E-state index in [-0.39, 0.29) is 24.7 Å². The van der Waals surface area contributed by atoms with E-state index in [4.69, 9.17) is 5.11 Å². The molecule has 0 aromatic heterocycles. The Morgan fingerprint density at radius 1 is 1.37 bits per heavy atom. The summed E-state index contributed by atoms with van der Waals surface area (Å²) in [7, 11) is 0. The van der Waals surface area contributed by atoms with Crippen molar-refractivity contribution in [3.05, 3.63) is 29.8 Å². The van der Waals surface area contributed by atoms with Gasteiger partial charge in [0, 0.05) is 0 Å². The number of carbonyl (C=O) groups excluding carboxylic acids is 1. The molecule has 0 saturated carbocycles. The van der Waals surface area contributed by atoms with E-state index >= 15 is 0 Å². The van der Waals surface area contributed by atoms with Gasteiger partial charge < -0.3 is 15.2 Å². The number of aliphatic hydroxyl groups is 1. The van der Waals surface area contributed by atoms with E-state index in [2.05, 4.69) is 10.1 Å². The minimum Gasteiger partial charge on any atom is -0.435 e. The highest BCUT2D eigenvalue weighted by molar-refractivity contribution is 5.79. The van der Waals surface area contributed by atoms with Crippen molar-refractivity contribution >= 4 is 5.91 Å². The van der Waals surface area contributed by atoms with Crippen LogP contribution in [0.15, 0.2) is 24.3 Å². The third-order valence-corrected chi connectivity index (χ3v) is 2.39. The monoisotopic (exact) mass is 273 g/mol. The van der Waals surface area contributed by atoms with Crippen LogP contribution >= 0.6 is 0 Å². The highest BCUT2D eigenvalue weighted by Crippen LogP contribution is 2.15. The summed E-state index contributed by atoms with van der Waals surface area (Å²) < 4.78 is 28.1. The summed E-state index contributed by atoms with van der Waals surface area (Å²) >= 11 is 0. The van der Waals surface area contributed by atoms with Crippen molar-refractivity contribution < 1.29 is 23.4 Å². The zero-order valence-corrected chi connectivity index (χ0v) is 10.8. The molecular formula is C13H17F2NO3. The molecule has 0 saturated heterocycles. The van der Waals surface area contributed by atoms with E-state index in [0.29, 0.717) is 5.56 Å². The first-order chi connectivity index (χ1) is 8.82. The van der Waals surface area contributed by atoms with Crippen LogP contribution in [-0.4, -0.2) is 29.8 Å². The Kier molecular flexibility index (Phi) is 5.23. The van der Waals surface area contributed by atoms with E-state index in [0.717, 1.165) is 0 Å². The van der Waals surface area contributed by atoms with Gasteiger partial charge in [0.15, 0.2) is 0 Å². The Labute approximate surface area is 110 Å². The van der Waals surface area contributed by atoms with Gasteiger partial charge in [0.05, 0.1) is 18.6 Å². The lowest BCUT2D eigenvalue weighted by Crippen LogP contribution is -2.46. The number of carbonyl (C=O) groups is 1. The second kappa shape index (κ2) is 6.47. The lowest BCUT2D eigenvalue weighted by molar-refractivity contribution is -0.122. The number of benzene rings is 1. The Hall–Kier alpha value is -1.69. The van der Waals surface area contributed by atoms with Crippen LogP contribution in [0.5, 0.6) is 5.75 Å². The fourth-order valence-electron chi connectivity index (χ4n) is 1.44. The molecule has 0 spiro atoms. The van der Waals surface area contributed by atoms with Gasteiger partial charge in [-0.3, -0.25) is 4.79 Å². The van der Waals surface area contributed by atoms with E-state index < -0.39 is 12.2 Å². The van der Waals surface area contributed by atoms with Gasteiger partial charge >= 0.3 is 6.61 Å². The van der Waals surface area contributed by atoms with Gasteiger partial charge in [-0.15, -0.1) is 0 Å². The van der Waals surface area contributed by atoms with Crippen LogP contribution in [-0.2, 0) is 11.2 Å². The molecular weight excluding hydrogens is 256 g/mol. The third kappa shape index (κ3) is 5.65. The molecule has 0 aliphatic carbocycles. The summed E-state index contributed by atoms with van der Waals surface area (Å²) in [6.45, 7) is 0.369. The molecule has 6 heteroatoms. The van der Waals surface area contributed by atoms with Gasteiger partial charge in [-0.2, -0.15) is 8.78 Å². The van der Waals surface area contributed by atoms with Crippen molar-refractivity contribution in [2.45, 2.75) is 32.4 Å². The van der Waals surface area contributed by atoms with E-state index in [1.54, 1.807) is 26.0 Å². The summed E-state index contributed by atoms with van der Waals surface area (Å²) in [5.74, 6) is -0.198. The normalized spacial score (nSPS) is 11.5. The fraction of sp³-hybridized carbons (Fsp3) is 0.462. The maximum Gasteiger partial charge on any atom is 0.387 e. The van der Waals surface area contributed by atoms with Crippen molar-refractivity contribution in [1.82, 2.24) is 5.32 Å². The maximum absolute atomic E-state index is 11.9. The van der Waals surface area contributed by atoms with Crippen molar-refractivity contribution in [3.63, 3.8) is 0 Å². The summed E-state index contributed by atoms with van der Waals surface area (Å²) in [6, 6.07) is 5.85. The van der Waals surface area contributed by atoms with Crippen LogP contribution in [0.1, 0.15) is 19.4 Å². The lowest BCUT2D eigenvalue weighted by Gasteiger charge is -2.23. The molecule has 1 amide bonds. The average Bonchev–Trinajstić information content (AvgIpc) is 2.30. The first kappa shape index (κ1) is 15.4. The number of rotatable bonds is 6. The summed E-state index contributed by atoms with van der Waals surface area (Å²) in [4.78, 5) is 11.7. The number of nitrogens with one attached hydrogen (secondary N) is 1. The van der Waals surface area contributed by atoms with Crippen LogP contribution in [0.4, 0.5) is 8.78 Å². The Morgan fingerprint density at radius 3 is 2.42 bits per heavy atom. The Morgan fingerprint density at radius 2 is 1.95 bits per heavy atom. The van der Waals surface area contributed by atoms with Gasteiger partial charge in [0.2, 0.25) is 5.91 Å². The molecule has 0 aliphatic heterocycles. The molecule has 1 rings (SSSR count). The molecule has 1 aromatic carbocycles. The number of aliphatic hydroxyl groups excluding tert-OH is 1. The van der Waals surface area contributed by atoms with Crippen LogP contribution in [0.25, 0.3) is 0 Å². The first-order valence-electron chi connectivity index (χ1n) is 5.78. The Balaban J connectivity index is 2.56. The van der Waals surface area contributed by atoms with Gasteiger partial charge in [0.1, 0.15) is 5.75 Å². The molecule has 0 radical (unpaired) electrons. The number of halogens is 2. The second-order valence-electron chi connectivity index (χ2n) is 4.79. The van der Waals surface area contributed by atoms with Crippen LogP contribution in [0.3, 0.4) is 0 Å². The van der Waals surface area contributed by atoms with Gasteiger partial charge in [-0.1, -0.05) is 12.1 Å². The highest BCUT2D eigenvalue weighted by atomic mass is 19.3. The largest absolute Gasteiger partial charge is 0.435 e. The molecule has 19 heavy (non-hydrogen) atoms. The second-order valence-corrected chi connectivity index (χ2v) is 4.79. The third-order valence-electron chi connectivity index (χ3n) is 2.39. The number of amides is 1. The van der Waals surface area contributed by atoms with Crippen molar-refractivity contribution in [1.29, 1.82) is 0 Å². The molecule has 0 bridgehead atoms. The van der Waals surface area contributed by atoms with E-state index in [1.807, 2.05) is 0 Å². The molecule has 1 aromatic rings. The number of alkyl halides is 2. The van der Waals surface area contributed by atoms with E-state index in [9.17, 15) is 13.6 Å². The molecule has 0 heterocycles. The van der Waals surface area contributed by atoms with Crippen LogP contribution in [0, 0.1) is 0 Å². The lowest BCUT2D eigenvalue weighted by atomic mass is 10.1. The standard InChI is InChI=1S/C13H17F2NO3/c1-13(2,8-17)16-11(18)7-9-3-5-10(6-4-9)19-12(14)15/h3-6,12,17H,7-8H2,1-2H3,(H,16,18). The van der Waals surface area contributed by atoms with Crippen LogP contribution in [0.2, 0.25) is 0 Å². The quantitative estimate of drug-likeness (QED) is 0.829. The maximum atomic E-state index is 11.9. The van der Waals surface area contributed by atoms with Gasteiger partial charge in [0.25, 0.3) is 0 Å². The predicted octanol–water partition coefficient (Wildman–Crippen LogP) is 1.72. The summed E-state index contributed by atoms with van der Waals surface area (Å²) in [5, 5.41) is 11.7. The molecule has 2 N–H and O–H groups in total. The highest BCUT2D eigenvalue weighted by Gasteiger charge is 2.18.